The van der Waals surface area contributed by atoms with Gasteiger partial charge in [-0.2, -0.15) is 0 Å². The van der Waals surface area contributed by atoms with E-state index in [1.165, 1.54) is 25.3 Å². The number of hydrogen-bond acceptors (Lipinski definition) is 6. The highest BCUT2D eigenvalue weighted by molar-refractivity contribution is 7.89. The van der Waals surface area contributed by atoms with Gasteiger partial charge in [-0.15, -0.1) is 0 Å². The van der Waals surface area contributed by atoms with E-state index in [0.717, 1.165) is 0 Å². The molecule has 0 radical (unpaired) electrons. The first-order chi connectivity index (χ1) is 9.27. The minimum Gasteiger partial charge on any atom is -0.465 e. The van der Waals surface area contributed by atoms with Crippen molar-refractivity contribution >= 4 is 21.7 Å². The third kappa shape index (κ3) is 4.19. The van der Waals surface area contributed by atoms with Crippen molar-refractivity contribution in [2.75, 3.05) is 19.4 Å². The summed E-state index contributed by atoms with van der Waals surface area (Å²) in [4.78, 5) is 11.2. The largest absolute Gasteiger partial charge is 0.465 e. The maximum Gasteiger partial charge on any atom is 0.337 e. The number of rotatable bonds is 6. The standard InChI is InChI=1S/C12H18N2O5S/c1-8(15)5-6-14-20(17,18)11-4-3-9(7-10(11)13)12(16)19-2/h3-4,7-8,14-15H,5-6,13H2,1-2H3. The molecule has 0 aliphatic heterocycles. The Hall–Kier alpha value is -1.64. The van der Waals surface area contributed by atoms with Crippen LogP contribution in [0.25, 0.3) is 0 Å². The van der Waals surface area contributed by atoms with Crippen molar-refractivity contribution in [3.05, 3.63) is 23.8 Å². The Morgan fingerprint density at radius 2 is 2.15 bits per heavy atom. The van der Waals surface area contributed by atoms with Gasteiger partial charge >= 0.3 is 5.97 Å². The first-order valence-corrected chi connectivity index (χ1v) is 7.42. The highest BCUT2D eigenvalue weighted by Gasteiger charge is 2.18. The summed E-state index contributed by atoms with van der Waals surface area (Å²) in [5.74, 6) is -0.595. The number of esters is 1. The maximum absolute atomic E-state index is 12.0. The molecule has 0 aliphatic carbocycles. The first-order valence-electron chi connectivity index (χ1n) is 5.93. The third-order valence-electron chi connectivity index (χ3n) is 2.57. The molecule has 0 bridgehead atoms. The predicted octanol–water partition coefficient (Wildman–Crippen LogP) is 0.105. The predicted molar refractivity (Wildman–Crippen MR) is 73.7 cm³/mol. The summed E-state index contributed by atoms with van der Waals surface area (Å²) in [6, 6.07) is 3.81. The van der Waals surface area contributed by atoms with Crippen LogP contribution in [-0.4, -0.2) is 39.3 Å². The van der Waals surface area contributed by atoms with Crippen LogP contribution in [0.3, 0.4) is 0 Å². The fourth-order valence-electron chi connectivity index (χ4n) is 1.52. The fourth-order valence-corrected chi connectivity index (χ4v) is 2.68. The Kier molecular flexibility index (Phi) is 5.49. The summed E-state index contributed by atoms with van der Waals surface area (Å²) in [5.41, 5.74) is 5.79. The van der Waals surface area contributed by atoms with E-state index in [9.17, 15) is 13.2 Å². The van der Waals surface area contributed by atoms with Crippen molar-refractivity contribution in [3.8, 4) is 0 Å². The molecule has 1 rings (SSSR count). The fraction of sp³-hybridized carbons (Fsp3) is 0.417. The van der Waals surface area contributed by atoms with E-state index in [1.807, 2.05) is 0 Å². The van der Waals surface area contributed by atoms with Crippen LogP contribution in [0.1, 0.15) is 23.7 Å². The van der Waals surface area contributed by atoms with E-state index in [-0.39, 0.29) is 22.7 Å². The van der Waals surface area contributed by atoms with E-state index in [2.05, 4.69) is 9.46 Å². The Labute approximate surface area is 117 Å². The summed E-state index contributed by atoms with van der Waals surface area (Å²) in [6.45, 7) is 1.66. The highest BCUT2D eigenvalue weighted by atomic mass is 32.2. The molecular weight excluding hydrogens is 284 g/mol. The van der Waals surface area contributed by atoms with Crippen molar-refractivity contribution in [1.29, 1.82) is 0 Å². The summed E-state index contributed by atoms with van der Waals surface area (Å²) >= 11 is 0. The molecule has 0 aliphatic rings. The first kappa shape index (κ1) is 16.4. The molecule has 0 saturated carbocycles. The molecule has 1 aromatic rings. The number of ether oxygens (including phenoxy) is 1. The zero-order valence-electron chi connectivity index (χ0n) is 11.3. The van der Waals surface area contributed by atoms with Crippen molar-refractivity contribution in [2.45, 2.75) is 24.3 Å². The summed E-state index contributed by atoms with van der Waals surface area (Å²) < 4.78 is 30.8. The van der Waals surface area contributed by atoms with Gasteiger partial charge in [0, 0.05) is 6.54 Å². The van der Waals surface area contributed by atoms with E-state index in [0.29, 0.717) is 6.42 Å². The van der Waals surface area contributed by atoms with Crippen LogP contribution in [0.5, 0.6) is 0 Å². The van der Waals surface area contributed by atoms with Gasteiger partial charge in [0.1, 0.15) is 4.90 Å². The molecule has 0 aromatic heterocycles. The summed E-state index contributed by atoms with van der Waals surface area (Å²) in [5, 5.41) is 9.09. The van der Waals surface area contributed by atoms with Crippen LogP contribution < -0.4 is 10.5 Å². The molecule has 1 unspecified atom stereocenters. The molecular formula is C12H18N2O5S. The molecule has 1 atom stereocenters. The van der Waals surface area contributed by atoms with Crippen molar-refractivity contribution in [1.82, 2.24) is 4.72 Å². The molecule has 0 saturated heterocycles. The molecule has 8 heteroatoms. The molecule has 0 amide bonds. The molecule has 0 fully saturated rings. The molecule has 7 nitrogen and oxygen atoms in total. The lowest BCUT2D eigenvalue weighted by Crippen LogP contribution is -2.27. The number of methoxy groups -OCH3 is 1. The van der Waals surface area contributed by atoms with Gasteiger partial charge in [0.05, 0.1) is 24.5 Å². The third-order valence-corrected chi connectivity index (χ3v) is 4.11. The number of benzene rings is 1. The number of nitrogens with one attached hydrogen (secondary N) is 1. The lowest BCUT2D eigenvalue weighted by molar-refractivity contribution is 0.0600. The second-order valence-electron chi connectivity index (χ2n) is 4.28. The molecule has 112 valence electrons. The van der Waals surface area contributed by atoms with Gasteiger partial charge in [0.2, 0.25) is 10.0 Å². The van der Waals surface area contributed by atoms with Gasteiger partial charge < -0.3 is 15.6 Å². The van der Waals surface area contributed by atoms with Crippen LogP contribution in [0, 0.1) is 0 Å². The van der Waals surface area contributed by atoms with E-state index in [1.54, 1.807) is 6.92 Å². The van der Waals surface area contributed by atoms with Gasteiger partial charge in [0.15, 0.2) is 0 Å². The van der Waals surface area contributed by atoms with E-state index >= 15 is 0 Å². The van der Waals surface area contributed by atoms with E-state index < -0.39 is 22.1 Å². The topological polar surface area (TPSA) is 119 Å². The average Bonchev–Trinajstić information content (AvgIpc) is 2.36. The minimum absolute atomic E-state index is 0.0440. The Morgan fingerprint density at radius 3 is 2.65 bits per heavy atom. The number of nitrogens with two attached hydrogens (primary N) is 1. The SMILES string of the molecule is COC(=O)c1ccc(S(=O)(=O)NCCC(C)O)c(N)c1. The number of aliphatic hydroxyl groups is 1. The van der Waals surface area contributed by atoms with Crippen molar-refractivity contribution in [2.24, 2.45) is 0 Å². The second kappa shape index (κ2) is 6.69. The van der Waals surface area contributed by atoms with Gasteiger partial charge in [-0.3, -0.25) is 0 Å². The summed E-state index contributed by atoms with van der Waals surface area (Å²) in [6.07, 6.45) is -0.309. The zero-order chi connectivity index (χ0) is 15.3. The quantitative estimate of drug-likeness (QED) is 0.507. The Balaban J connectivity index is 2.93. The van der Waals surface area contributed by atoms with E-state index in [4.69, 9.17) is 10.8 Å². The van der Waals surface area contributed by atoms with Crippen molar-refractivity contribution < 1.29 is 23.1 Å². The summed E-state index contributed by atoms with van der Waals surface area (Å²) in [7, 11) is -2.55. The Bertz CT molecular complexity index is 584. The molecule has 20 heavy (non-hydrogen) atoms. The number of carbonyl (C=O) groups is 1. The van der Waals surface area contributed by atoms with Crippen LogP contribution in [-0.2, 0) is 14.8 Å². The van der Waals surface area contributed by atoms with Gasteiger partial charge in [0.25, 0.3) is 0 Å². The molecule has 4 N–H and O–H groups in total. The van der Waals surface area contributed by atoms with Crippen LogP contribution >= 0.6 is 0 Å². The normalized spacial score (nSPS) is 12.9. The number of sulfonamides is 1. The van der Waals surface area contributed by atoms with Crippen LogP contribution in [0.2, 0.25) is 0 Å². The highest BCUT2D eigenvalue weighted by Crippen LogP contribution is 2.20. The minimum atomic E-state index is -3.77. The second-order valence-corrected chi connectivity index (χ2v) is 6.02. The number of aliphatic hydroxyl groups excluding tert-OH is 1. The van der Waals surface area contributed by atoms with Crippen LogP contribution in [0.4, 0.5) is 5.69 Å². The van der Waals surface area contributed by atoms with Crippen LogP contribution in [0.15, 0.2) is 23.1 Å². The van der Waals surface area contributed by atoms with Crippen molar-refractivity contribution in [3.63, 3.8) is 0 Å². The lowest BCUT2D eigenvalue weighted by atomic mass is 10.2. The molecule has 0 spiro atoms. The molecule has 1 aromatic carbocycles. The smallest absolute Gasteiger partial charge is 0.337 e. The Morgan fingerprint density at radius 1 is 1.50 bits per heavy atom. The lowest BCUT2D eigenvalue weighted by Gasteiger charge is -2.10. The maximum atomic E-state index is 12.0. The monoisotopic (exact) mass is 302 g/mol. The number of anilines is 1. The number of carbonyl (C=O) groups excluding carboxylic acids is 1. The zero-order valence-corrected chi connectivity index (χ0v) is 12.1. The molecule has 0 heterocycles. The van der Waals surface area contributed by atoms with Gasteiger partial charge in [-0.25, -0.2) is 17.9 Å². The average molecular weight is 302 g/mol. The van der Waals surface area contributed by atoms with Gasteiger partial charge in [-0.05, 0) is 31.5 Å². The van der Waals surface area contributed by atoms with Gasteiger partial charge in [-0.1, -0.05) is 0 Å². The number of hydrogen-bond donors (Lipinski definition) is 3. The number of nitrogen functional groups attached to an aromatic ring is 1.